The standard InChI is InChI=1S/C24H19BrN2O3S/c1-29-20-13-16(19(25)15-21(20)30-2)14-22-23(28)27(18-11-7-4-8-12-18)24(31-22)26-17-9-5-3-6-10-17/h3-15H,1-2H3/b22-14+,26-24?. The van der Waals surface area contributed by atoms with Crippen LogP contribution in [0.4, 0.5) is 11.4 Å². The van der Waals surface area contributed by atoms with Crippen LogP contribution in [0.5, 0.6) is 11.5 Å². The molecule has 0 aliphatic carbocycles. The van der Waals surface area contributed by atoms with Crippen molar-refractivity contribution in [2.24, 2.45) is 4.99 Å². The van der Waals surface area contributed by atoms with Gasteiger partial charge in [0.1, 0.15) is 0 Å². The van der Waals surface area contributed by atoms with Crippen LogP contribution in [-0.2, 0) is 4.79 Å². The number of nitrogens with zero attached hydrogens (tertiary/aromatic N) is 2. The summed E-state index contributed by atoms with van der Waals surface area (Å²) in [5, 5.41) is 0.602. The monoisotopic (exact) mass is 494 g/mol. The van der Waals surface area contributed by atoms with Crippen LogP contribution in [-0.4, -0.2) is 25.3 Å². The molecule has 0 atom stereocenters. The maximum absolute atomic E-state index is 13.4. The summed E-state index contributed by atoms with van der Waals surface area (Å²) in [7, 11) is 3.17. The van der Waals surface area contributed by atoms with Crippen LogP contribution in [0.3, 0.4) is 0 Å². The minimum Gasteiger partial charge on any atom is -0.493 e. The van der Waals surface area contributed by atoms with Crippen LogP contribution >= 0.6 is 27.7 Å². The molecular weight excluding hydrogens is 476 g/mol. The molecule has 0 bridgehead atoms. The molecule has 3 aromatic rings. The van der Waals surface area contributed by atoms with Gasteiger partial charge in [-0.3, -0.25) is 9.69 Å². The van der Waals surface area contributed by atoms with Crippen LogP contribution in [0.25, 0.3) is 6.08 Å². The highest BCUT2D eigenvalue weighted by Gasteiger charge is 2.34. The number of methoxy groups -OCH3 is 2. The maximum atomic E-state index is 13.4. The highest BCUT2D eigenvalue weighted by Crippen LogP contribution is 2.40. The fourth-order valence-corrected chi connectivity index (χ4v) is 4.52. The van der Waals surface area contributed by atoms with Gasteiger partial charge in [-0.15, -0.1) is 0 Å². The number of hydrogen-bond acceptors (Lipinski definition) is 5. The van der Waals surface area contributed by atoms with Crippen molar-refractivity contribution in [2.45, 2.75) is 0 Å². The van der Waals surface area contributed by atoms with Crippen LogP contribution in [0.15, 0.2) is 87.2 Å². The Balaban J connectivity index is 1.78. The molecule has 3 aromatic carbocycles. The number of aliphatic imine (C=N–C) groups is 1. The van der Waals surface area contributed by atoms with E-state index in [-0.39, 0.29) is 5.91 Å². The molecule has 0 aromatic heterocycles. The fraction of sp³-hybridized carbons (Fsp3) is 0.0833. The third kappa shape index (κ3) is 4.52. The first-order chi connectivity index (χ1) is 15.1. The van der Waals surface area contributed by atoms with Gasteiger partial charge in [0.05, 0.1) is 30.5 Å². The second-order valence-corrected chi connectivity index (χ2v) is 8.41. The lowest BCUT2D eigenvalue weighted by atomic mass is 10.1. The number of para-hydroxylation sites is 2. The Bertz CT molecular complexity index is 1160. The van der Waals surface area contributed by atoms with E-state index in [0.717, 1.165) is 21.4 Å². The molecule has 0 spiro atoms. The molecule has 4 rings (SSSR count). The van der Waals surface area contributed by atoms with Crippen LogP contribution < -0.4 is 14.4 Å². The van der Waals surface area contributed by atoms with Crippen molar-refractivity contribution in [3.05, 3.63) is 87.7 Å². The summed E-state index contributed by atoms with van der Waals surface area (Å²) < 4.78 is 11.6. The number of anilines is 1. The number of amidine groups is 1. The van der Waals surface area contributed by atoms with Gasteiger partial charge in [-0.05, 0) is 59.8 Å². The lowest BCUT2D eigenvalue weighted by Crippen LogP contribution is -2.28. The van der Waals surface area contributed by atoms with E-state index in [1.54, 1.807) is 19.1 Å². The SMILES string of the molecule is COc1cc(Br)c(/C=C2/SC(=Nc3ccccc3)N(c3ccccc3)C2=O)cc1OC. The number of halogens is 1. The molecule has 5 nitrogen and oxygen atoms in total. The molecule has 0 saturated carbocycles. The quantitative estimate of drug-likeness (QED) is 0.392. The molecule has 1 saturated heterocycles. The summed E-state index contributed by atoms with van der Waals surface area (Å²) in [5.74, 6) is 1.07. The van der Waals surface area contributed by atoms with E-state index in [4.69, 9.17) is 14.5 Å². The molecule has 31 heavy (non-hydrogen) atoms. The fourth-order valence-electron chi connectivity index (χ4n) is 3.09. The second kappa shape index (κ2) is 9.41. The van der Waals surface area contributed by atoms with Crippen molar-refractivity contribution in [2.75, 3.05) is 19.1 Å². The van der Waals surface area contributed by atoms with Gasteiger partial charge >= 0.3 is 0 Å². The third-order valence-corrected chi connectivity index (χ3v) is 6.25. The zero-order valence-corrected chi connectivity index (χ0v) is 19.3. The molecule has 1 amide bonds. The number of hydrogen-bond donors (Lipinski definition) is 0. The number of thioether (sulfide) groups is 1. The first-order valence-corrected chi connectivity index (χ1v) is 11.1. The largest absolute Gasteiger partial charge is 0.493 e. The van der Waals surface area contributed by atoms with Gasteiger partial charge in [0.25, 0.3) is 5.91 Å². The highest BCUT2D eigenvalue weighted by atomic mass is 79.9. The van der Waals surface area contributed by atoms with E-state index in [0.29, 0.717) is 21.6 Å². The summed E-state index contributed by atoms with van der Waals surface area (Å²) in [5.41, 5.74) is 2.36. The van der Waals surface area contributed by atoms with E-state index in [1.807, 2.05) is 78.9 Å². The maximum Gasteiger partial charge on any atom is 0.271 e. The minimum atomic E-state index is -0.132. The van der Waals surface area contributed by atoms with Crippen LogP contribution in [0.1, 0.15) is 5.56 Å². The Morgan fingerprint density at radius 1 is 0.935 bits per heavy atom. The van der Waals surface area contributed by atoms with E-state index < -0.39 is 0 Å². The lowest BCUT2D eigenvalue weighted by molar-refractivity contribution is -0.113. The summed E-state index contributed by atoms with van der Waals surface area (Å²) in [6.45, 7) is 0. The smallest absolute Gasteiger partial charge is 0.271 e. The van der Waals surface area contributed by atoms with Gasteiger partial charge in [-0.1, -0.05) is 52.3 Å². The van der Waals surface area contributed by atoms with Gasteiger partial charge in [0, 0.05) is 4.47 Å². The van der Waals surface area contributed by atoms with E-state index in [2.05, 4.69) is 15.9 Å². The molecule has 156 valence electrons. The number of carbonyl (C=O) groups excluding carboxylic acids is 1. The lowest BCUT2D eigenvalue weighted by Gasteiger charge is -2.15. The van der Waals surface area contributed by atoms with Crippen molar-refractivity contribution in [3.63, 3.8) is 0 Å². The number of amides is 1. The normalized spacial score (nSPS) is 16.2. The van der Waals surface area contributed by atoms with E-state index >= 15 is 0 Å². The summed E-state index contributed by atoms with van der Waals surface area (Å²) in [6, 6.07) is 22.8. The second-order valence-electron chi connectivity index (χ2n) is 6.55. The summed E-state index contributed by atoms with van der Waals surface area (Å²) in [4.78, 5) is 20.3. The minimum absolute atomic E-state index is 0.132. The molecule has 1 aliphatic rings. The molecule has 1 fully saturated rings. The molecule has 7 heteroatoms. The van der Waals surface area contributed by atoms with Crippen molar-refractivity contribution in [1.82, 2.24) is 0 Å². The van der Waals surface area contributed by atoms with Gasteiger partial charge in [0.15, 0.2) is 16.7 Å². The van der Waals surface area contributed by atoms with E-state index in [9.17, 15) is 4.79 Å². The van der Waals surface area contributed by atoms with Gasteiger partial charge in [0.2, 0.25) is 0 Å². The van der Waals surface area contributed by atoms with Crippen LogP contribution in [0.2, 0.25) is 0 Å². The molecule has 1 heterocycles. The first-order valence-electron chi connectivity index (χ1n) is 9.45. The predicted octanol–water partition coefficient (Wildman–Crippen LogP) is 6.27. The number of carbonyl (C=O) groups is 1. The molecular formula is C24H19BrN2O3S. The molecule has 1 aliphatic heterocycles. The van der Waals surface area contributed by atoms with Crippen molar-refractivity contribution in [1.29, 1.82) is 0 Å². The summed E-state index contributed by atoms with van der Waals surface area (Å²) in [6.07, 6.45) is 1.84. The third-order valence-electron chi connectivity index (χ3n) is 4.59. The van der Waals surface area contributed by atoms with Crippen molar-refractivity contribution >= 4 is 56.2 Å². The Labute approximate surface area is 193 Å². The Morgan fingerprint density at radius 2 is 1.55 bits per heavy atom. The van der Waals surface area contributed by atoms with Crippen molar-refractivity contribution < 1.29 is 14.3 Å². The summed E-state index contributed by atoms with van der Waals surface area (Å²) >= 11 is 4.90. The van der Waals surface area contributed by atoms with E-state index in [1.165, 1.54) is 11.8 Å². The molecule has 0 N–H and O–H groups in total. The Kier molecular flexibility index (Phi) is 6.44. The highest BCUT2D eigenvalue weighted by molar-refractivity contribution is 9.10. The molecule has 0 radical (unpaired) electrons. The number of rotatable bonds is 5. The van der Waals surface area contributed by atoms with Gasteiger partial charge < -0.3 is 9.47 Å². The topological polar surface area (TPSA) is 51.1 Å². The van der Waals surface area contributed by atoms with Crippen LogP contribution in [0, 0.1) is 0 Å². The average Bonchev–Trinajstić information content (AvgIpc) is 3.10. The first kappa shape index (κ1) is 21.2. The van der Waals surface area contributed by atoms with Gasteiger partial charge in [-0.25, -0.2) is 4.99 Å². The Morgan fingerprint density at radius 3 is 2.19 bits per heavy atom. The number of benzene rings is 3. The average molecular weight is 495 g/mol. The van der Waals surface area contributed by atoms with Crippen molar-refractivity contribution in [3.8, 4) is 11.5 Å². The predicted molar refractivity (Wildman–Crippen MR) is 130 cm³/mol. The van der Waals surface area contributed by atoms with Gasteiger partial charge in [-0.2, -0.15) is 0 Å². The molecule has 0 unspecified atom stereocenters. The zero-order chi connectivity index (χ0) is 21.8. The zero-order valence-electron chi connectivity index (χ0n) is 16.9. The Hall–Kier alpha value is -3.03. The number of ether oxygens (including phenoxy) is 2.